The Hall–Kier alpha value is -1.90. The highest BCUT2D eigenvalue weighted by Crippen LogP contribution is 2.31. The van der Waals surface area contributed by atoms with Gasteiger partial charge in [-0.2, -0.15) is 4.72 Å². The van der Waals surface area contributed by atoms with Crippen molar-refractivity contribution in [2.75, 3.05) is 18.4 Å². The number of para-hydroxylation sites is 1. The Bertz CT molecular complexity index is 964. The van der Waals surface area contributed by atoms with Gasteiger partial charge in [0.05, 0.1) is 16.7 Å². The molecule has 0 saturated carbocycles. The maximum absolute atomic E-state index is 12.9. The summed E-state index contributed by atoms with van der Waals surface area (Å²) in [6.07, 6.45) is 1.32. The number of piperidine rings is 1. The van der Waals surface area contributed by atoms with Crippen LogP contribution in [0.25, 0.3) is 0 Å². The van der Waals surface area contributed by atoms with Crippen LogP contribution in [-0.2, 0) is 10.0 Å². The second-order valence-corrected chi connectivity index (χ2v) is 10.2. The molecule has 4 rings (SSSR count). The van der Waals surface area contributed by atoms with E-state index in [-0.39, 0.29) is 16.7 Å². The summed E-state index contributed by atoms with van der Waals surface area (Å²) in [5.74, 6) is 0.0629. The summed E-state index contributed by atoms with van der Waals surface area (Å²) in [6.45, 7) is 5.28. The first-order valence-corrected chi connectivity index (χ1v) is 11.4. The number of amides is 1. The molecular weight excluding hydrogens is 382 g/mol. The lowest BCUT2D eigenvalue weighted by Gasteiger charge is -2.39. The molecule has 2 aliphatic heterocycles. The summed E-state index contributed by atoms with van der Waals surface area (Å²) in [7, 11) is -3.55. The highest BCUT2D eigenvalue weighted by molar-refractivity contribution is 7.89. The average Bonchev–Trinajstić information content (AvgIpc) is 2.99. The Kier molecular flexibility index (Phi) is 4.73. The molecule has 1 amide bonds. The third-order valence-electron chi connectivity index (χ3n) is 5.36. The molecule has 0 aliphatic carbocycles. The predicted octanol–water partition coefficient (Wildman–Crippen LogP) is 2.95. The molecule has 2 aromatic rings. The van der Waals surface area contributed by atoms with Crippen LogP contribution in [0, 0.1) is 19.8 Å². The van der Waals surface area contributed by atoms with Crippen molar-refractivity contribution in [3.63, 3.8) is 0 Å². The number of hydrogen-bond donors (Lipinski definition) is 2. The Morgan fingerprint density at radius 3 is 2.78 bits per heavy atom. The third kappa shape index (κ3) is 3.49. The first kappa shape index (κ1) is 18.5. The zero-order valence-corrected chi connectivity index (χ0v) is 17.0. The van der Waals surface area contributed by atoms with Gasteiger partial charge in [0.1, 0.15) is 4.90 Å². The van der Waals surface area contributed by atoms with Gasteiger partial charge >= 0.3 is 0 Å². The molecule has 0 unspecified atom stereocenters. The van der Waals surface area contributed by atoms with Gasteiger partial charge in [0, 0.05) is 23.9 Å². The zero-order chi connectivity index (χ0) is 19.2. The van der Waals surface area contributed by atoms with Crippen LogP contribution in [0.4, 0.5) is 5.69 Å². The van der Waals surface area contributed by atoms with Crippen molar-refractivity contribution in [1.82, 2.24) is 9.62 Å². The number of nitrogens with one attached hydrogen (secondary N) is 2. The van der Waals surface area contributed by atoms with Crippen molar-refractivity contribution in [2.24, 2.45) is 5.92 Å². The van der Waals surface area contributed by atoms with E-state index in [9.17, 15) is 13.2 Å². The Balaban J connectivity index is 1.53. The molecule has 2 atom stereocenters. The molecule has 6 nitrogen and oxygen atoms in total. The van der Waals surface area contributed by atoms with E-state index in [2.05, 4.69) is 10.0 Å². The van der Waals surface area contributed by atoms with Gasteiger partial charge < -0.3 is 10.2 Å². The van der Waals surface area contributed by atoms with Crippen LogP contribution in [0.1, 0.15) is 33.0 Å². The minimum absolute atomic E-state index is 0.0213. The van der Waals surface area contributed by atoms with Crippen molar-refractivity contribution in [2.45, 2.75) is 37.8 Å². The molecule has 2 aliphatic rings. The van der Waals surface area contributed by atoms with E-state index in [1.165, 1.54) is 11.3 Å². The number of thiophene rings is 1. The topological polar surface area (TPSA) is 78.5 Å². The van der Waals surface area contributed by atoms with Gasteiger partial charge in [0.25, 0.3) is 5.91 Å². The molecule has 1 aromatic carbocycles. The summed E-state index contributed by atoms with van der Waals surface area (Å²) in [5.41, 5.74) is 1.75. The summed E-state index contributed by atoms with van der Waals surface area (Å²) in [6, 6.07) is 8.86. The molecule has 1 fully saturated rings. The van der Waals surface area contributed by atoms with Crippen molar-refractivity contribution in [1.29, 1.82) is 0 Å². The van der Waals surface area contributed by atoms with Crippen molar-refractivity contribution >= 4 is 33.0 Å². The summed E-state index contributed by atoms with van der Waals surface area (Å²) in [5, 5.41) is 3.31. The normalized spacial score (nSPS) is 24.1. The van der Waals surface area contributed by atoms with E-state index in [1.807, 2.05) is 30.9 Å². The van der Waals surface area contributed by atoms with Gasteiger partial charge in [-0.15, -0.1) is 11.3 Å². The minimum Gasteiger partial charge on any atom is -0.368 e. The number of nitrogens with zero attached hydrogens (tertiary/aromatic N) is 1. The number of sulfonamides is 1. The third-order valence-corrected chi connectivity index (χ3v) is 8.00. The van der Waals surface area contributed by atoms with Gasteiger partial charge in [-0.3, -0.25) is 4.79 Å². The van der Waals surface area contributed by atoms with Crippen molar-refractivity contribution in [3.8, 4) is 0 Å². The van der Waals surface area contributed by atoms with E-state index >= 15 is 0 Å². The monoisotopic (exact) mass is 405 g/mol. The standard InChI is InChI=1S/C19H23N3O3S2/c1-12-10-16(26-13(12)2)19(23)22-9-5-6-14(11-22)18-20-15-7-3-4-8-17(15)27(24,25)21-18/h3-4,7-8,10,14,18,20-21H,5-6,9,11H2,1-2H3/t14-,18+/m0/s1. The first-order valence-electron chi connectivity index (χ1n) is 9.09. The van der Waals surface area contributed by atoms with Crippen LogP contribution in [0.3, 0.4) is 0 Å². The molecule has 27 heavy (non-hydrogen) atoms. The van der Waals surface area contributed by atoms with Gasteiger partial charge in [-0.1, -0.05) is 12.1 Å². The number of likely N-dealkylation sites (tertiary alicyclic amines) is 1. The molecule has 144 valence electrons. The first-order chi connectivity index (χ1) is 12.8. The molecule has 1 saturated heterocycles. The molecule has 3 heterocycles. The van der Waals surface area contributed by atoms with Gasteiger partial charge in [0.2, 0.25) is 10.0 Å². The number of fused-ring (bicyclic) bond motifs is 1. The van der Waals surface area contributed by atoms with Crippen LogP contribution in [0.15, 0.2) is 35.2 Å². The number of benzene rings is 1. The fourth-order valence-corrected chi connectivity index (χ4v) is 6.15. The van der Waals surface area contributed by atoms with Gasteiger partial charge in [-0.05, 0) is 50.5 Å². The molecule has 1 aromatic heterocycles. The number of carbonyl (C=O) groups excluding carboxylic acids is 1. The molecule has 0 bridgehead atoms. The second-order valence-electron chi connectivity index (χ2n) is 7.24. The van der Waals surface area contributed by atoms with Crippen LogP contribution < -0.4 is 10.0 Å². The molecular formula is C19H23N3O3S2. The zero-order valence-electron chi connectivity index (χ0n) is 15.4. The van der Waals surface area contributed by atoms with Crippen LogP contribution >= 0.6 is 11.3 Å². The fourth-order valence-electron chi connectivity index (χ4n) is 3.76. The van der Waals surface area contributed by atoms with Crippen LogP contribution in [-0.4, -0.2) is 38.5 Å². The van der Waals surface area contributed by atoms with Crippen molar-refractivity contribution in [3.05, 3.63) is 45.6 Å². The van der Waals surface area contributed by atoms with Crippen LogP contribution in [0.5, 0.6) is 0 Å². The lowest BCUT2D eigenvalue weighted by molar-refractivity contribution is 0.0663. The lowest BCUT2D eigenvalue weighted by Crippen LogP contribution is -2.54. The number of rotatable bonds is 2. The SMILES string of the molecule is Cc1cc(C(=O)N2CCC[C@H]([C@@H]3Nc4ccccc4S(=O)(=O)N3)C2)sc1C. The van der Waals surface area contributed by atoms with Crippen molar-refractivity contribution < 1.29 is 13.2 Å². The highest BCUT2D eigenvalue weighted by atomic mass is 32.2. The Morgan fingerprint density at radius 2 is 2.04 bits per heavy atom. The van der Waals surface area contributed by atoms with E-state index < -0.39 is 16.2 Å². The minimum atomic E-state index is -3.55. The summed E-state index contributed by atoms with van der Waals surface area (Å²) < 4.78 is 27.9. The van der Waals surface area contributed by atoms with E-state index in [0.717, 1.165) is 28.2 Å². The summed E-state index contributed by atoms with van der Waals surface area (Å²) in [4.78, 5) is 16.9. The number of carbonyl (C=O) groups is 1. The smallest absolute Gasteiger partial charge is 0.263 e. The second kappa shape index (κ2) is 6.92. The van der Waals surface area contributed by atoms with Gasteiger partial charge in [-0.25, -0.2) is 8.42 Å². The molecule has 0 spiro atoms. The quantitative estimate of drug-likeness (QED) is 0.805. The number of hydrogen-bond acceptors (Lipinski definition) is 5. The predicted molar refractivity (Wildman–Crippen MR) is 107 cm³/mol. The molecule has 8 heteroatoms. The number of anilines is 1. The average molecular weight is 406 g/mol. The largest absolute Gasteiger partial charge is 0.368 e. The lowest BCUT2D eigenvalue weighted by atomic mass is 9.94. The number of aryl methyl sites for hydroxylation is 2. The van der Waals surface area contributed by atoms with E-state index in [0.29, 0.717) is 18.8 Å². The molecule has 2 N–H and O–H groups in total. The van der Waals surface area contributed by atoms with E-state index in [4.69, 9.17) is 0 Å². The van der Waals surface area contributed by atoms with Crippen LogP contribution in [0.2, 0.25) is 0 Å². The Labute approximate surface area is 163 Å². The molecule has 0 radical (unpaired) electrons. The van der Waals surface area contributed by atoms with Gasteiger partial charge in [0.15, 0.2) is 0 Å². The summed E-state index contributed by atoms with van der Waals surface area (Å²) >= 11 is 1.53. The van der Waals surface area contributed by atoms with E-state index in [1.54, 1.807) is 18.2 Å². The maximum atomic E-state index is 12.9. The Morgan fingerprint density at radius 1 is 1.26 bits per heavy atom. The maximum Gasteiger partial charge on any atom is 0.263 e. The highest BCUT2D eigenvalue weighted by Gasteiger charge is 2.36. The fraction of sp³-hybridized carbons (Fsp3) is 0.421.